The lowest BCUT2D eigenvalue weighted by Crippen LogP contribution is -2.32. The first-order valence-electron chi connectivity index (χ1n) is 6.84. The van der Waals surface area contributed by atoms with Gasteiger partial charge >= 0.3 is 5.97 Å². The zero-order chi connectivity index (χ0) is 15.9. The van der Waals surface area contributed by atoms with E-state index in [9.17, 15) is 9.59 Å². The molecule has 122 valence electrons. The number of hydrogen-bond donors (Lipinski definition) is 1. The SMILES string of the molecule is C=CCOC(C)C(=O)OCC(=O)NCCCOCCOC. The summed E-state index contributed by atoms with van der Waals surface area (Å²) in [6.45, 7) is 7.05. The number of hydrogen-bond acceptors (Lipinski definition) is 6. The van der Waals surface area contributed by atoms with Crippen molar-refractivity contribution in [2.75, 3.05) is 46.7 Å². The van der Waals surface area contributed by atoms with Crippen molar-refractivity contribution in [1.82, 2.24) is 5.32 Å². The molecule has 0 aromatic rings. The number of rotatable bonds is 13. The highest BCUT2D eigenvalue weighted by Crippen LogP contribution is 1.94. The zero-order valence-electron chi connectivity index (χ0n) is 12.8. The van der Waals surface area contributed by atoms with Crippen molar-refractivity contribution in [2.45, 2.75) is 19.4 Å². The van der Waals surface area contributed by atoms with E-state index in [4.69, 9.17) is 18.9 Å². The van der Waals surface area contributed by atoms with E-state index in [1.165, 1.54) is 6.08 Å². The molecule has 7 heteroatoms. The summed E-state index contributed by atoms with van der Waals surface area (Å²) in [5.41, 5.74) is 0. The molecule has 0 aromatic carbocycles. The Bertz CT molecular complexity index is 308. The molecule has 0 aromatic heterocycles. The van der Waals surface area contributed by atoms with Crippen LogP contribution in [0.4, 0.5) is 0 Å². The maximum Gasteiger partial charge on any atom is 0.335 e. The molecule has 0 radical (unpaired) electrons. The van der Waals surface area contributed by atoms with E-state index in [-0.39, 0.29) is 19.1 Å². The predicted octanol–water partition coefficient (Wildman–Crippen LogP) is 0.290. The number of ether oxygens (including phenoxy) is 4. The van der Waals surface area contributed by atoms with Crippen molar-refractivity contribution in [3.8, 4) is 0 Å². The van der Waals surface area contributed by atoms with Gasteiger partial charge in [-0.15, -0.1) is 6.58 Å². The third-order valence-corrected chi connectivity index (χ3v) is 2.36. The second-order valence-corrected chi connectivity index (χ2v) is 4.18. The molecule has 0 saturated heterocycles. The van der Waals surface area contributed by atoms with E-state index >= 15 is 0 Å². The van der Waals surface area contributed by atoms with Crippen LogP contribution in [0.25, 0.3) is 0 Å². The molecular formula is C14H25NO6. The second-order valence-electron chi connectivity index (χ2n) is 4.18. The van der Waals surface area contributed by atoms with Crippen molar-refractivity contribution in [3.05, 3.63) is 12.7 Å². The third kappa shape index (κ3) is 12.0. The molecule has 1 N–H and O–H groups in total. The smallest absolute Gasteiger partial charge is 0.335 e. The monoisotopic (exact) mass is 303 g/mol. The molecule has 0 heterocycles. The van der Waals surface area contributed by atoms with Crippen LogP contribution in [0.2, 0.25) is 0 Å². The van der Waals surface area contributed by atoms with Gasteiger partial charge in [-0.3, -0.25) is 4.79 Å². The van der Waals surface area contributed by atoms with Gasteiger partial charge in [0.2, 0.25) is 0 Å². The molecule has 0 aliphatic rings. The van der Waals surface area contributed by atoms with Crippen molar-refractivity contribution >= 4 is 11.9 Å². The van der Waals surface area contributed by atoms with Gasteiger partial charge in [-0.25, -0.2) is 4.79 Å². The molecule has 0 aliphatic heterocycles. The van der Waals surface area contributed by atoms with Crippen LogP contribution in [0.1, 0.15) is 13.3 Å². The van der Waals surface area contributed by atoms with Crippen molar-refractivity contribution in [1.29, 1.82) is 0 Å². The number of amides is 1. The summed E-state index contributed by atoms with van der Waals surface area (Å²) in [6, 6.07) is 0. The molecule has 0 fully saturated rings. The molecule has 1 unspecified atom stereocenters. The Kier molecular flexibility index (Phi) is 12.6. The van der Waals surface area contributed by atoms with E-state index in [1.54, 1.807) is 14.0 Å². The van der Waals surface area contributed by atoms with Gasteiger partial charge in [-0.05, 0) is 13.3 Å². The number of esters is 1. The molecule has 0 aliphatic carbocycles. The lowest BCUT2D eigenvalue weighted by atomic mass is 10.4. The average molecular weight is 303 g/mol. The minimum atomic E-state index is -0.718. The lowest BCUT2D eigenvalue weighted by molar-refractivity contribution is -0.158. The first-order valence-corrected chi connectivity index (χ1v) is 6.84. The van der Waals surface area contributed by atoms with Crippen molar-refractivity contribution < 1.29 is 28.5 Å². The summed E-state index contributed by atoms with van der Waals surface area (Å²) in [4.78, 5) is 22.8. The van der Waals surface area contributed by atoms with Crippen molar-refractivity contribution in [3.63, 3.8) is 0 Å². The number of nitrogens with one attached hydrogen (secondary N) is 1. The van der Waals surface area contributed by atoms with Gasteiger partial charge in [0.1, 0.15) is 0 Å². The molecule has 7 nitrogen and oxygen atoms in total. The van der Waals surface area contributed by atoms with Crippen molar-refractivity contribution in [2.24, 2.45) is 0 Å². The largest absolute Gasteiger partial charge is 0.454 e. The summed E-state index contributed by atoms with van der Waals surface area (Å²) in [6.07, 6.45) is 1.50. The van der Waals surface area contributed by atoms with Crippen LogP contribution >= 0.6 is 0 Å². The maximum atomic E-state index is 11.4. The normalized spacial score (nSPS) is 11.7. The Morgan fingerprint density at radius 2 is 2.05 bits per heavy atom. The van der Waals surface area contributed by atoms with E-state index in [1.807, 2.05) is 0 Å². The highest BCUT2D eigenvalue weighted by atomic mass is 16.6. The quantitative estimate of drug-likeness (QED) is 0.299. The summed E-state index contributed by atoms with van der Waals surface area (Å²) >= 11 is 0. The van der Waals surface area contributed by atoms with Crippen LogP contribution in [-0.4, -0.2) is 64.7 Å². The molecule has 1 amide bonds. The van der Waals surface area contributed by atoms with Gasteiger partial charge in [0, 0.05) is 20.3 Å². The second kappa shape index (κ2) is 13.5. The Labute approximate surface area is 125 Å². The van der Waals surface area contributed by atoms with Crippen LogP contribution in [0.5, 0.6) is 0 Å². The van der Waals surface area contributed by atoms with Crippen LogP contribution in [0.3, 0.4) is 0 Å². The molecular weight excluding hydrogens is 278 g/mol. The Hall–Kier alpha value is -1.44. The minimum Gasteiger partial charge on any atom is -0.454 e. The summed E-state index contributed by atoms with van der Waals surface area (Å²) in [5, 5.41) is 2.63. The fourth-order valence-electron chi connectivity index (χ4n) is 1.23. The number of methoxy groups -OCH3 is 1. The topological polar surface area (TPSA) is 83.1 Å². The summed E-state index contributed by atoms with van der Waals surface area (Å²) < 4.78 is 20.0. The van der Waals surface area contributed by atoms with E-state index in [0.717, 1.165) is 0 Å². The first-order chi connectivity index (χ1) is 10.1. The van der Waals surface area contributed by atoms with Gasteiger partial charge in [-0.2, -0.15) is 0 Å². The van der Waals surface area contributed by atoms with Gasteiger partial charge in [-0.1, -0.05) is 6.08 Å². The predicted molar refractivity (Wildman–Crippen MR) is 76.9 cm³/mol. The minimum absolute atomic E-state index is 0.255. The Balaban J connectivity index is 3.53. The van der Waals surface area contributed by atoms with Gasteiger partial charge in [0.05, 0.1) is 19.8 Å². The highest BCUT2D eigenvalue weighted by molar-refractivity contribution is 5.81. The number of carbonyl (C=O) groups is 2. The van der Waals surface area contributed by atoms with Gasteiger partial charge < -0.3 is 24.3 Å². The number of carbonyl (C=O) groups excluding carboxylic acids is 2. The summed E-state index contributed by atoms with van der Waals surface area (Å²) in [7, 11) is 1.61. The van der Waals surface area contributed by atoms with E-state index in [2.05, 4.69) is 11.9 Å². The van der Waals surface area contributed by atoms with Crippen LogP contribution < -0.4 is 5.32 Å². The molecule has 0 rings (SSSR count). The van der Waals surface area contributed by atoms with Crippen LogP contribution in [-0.2, 0) is 28.5 Å². The molecule has 0 spiro atoms. The van der Waals surface area contributed by atoms with Crippen LogP contribution in [0, 0.1) is 0 Å². The molecule has 21 heavy (non-hydrogen) atoms. The molecule has 0 saturated carbocycles. The zero-order valence-corrected chi connectivity index (χ0v) is 12.8. The Morgan fingerprint density at radius 3 is 2.71 bits per heavy atom. The van der Waals surface area contributed by atoms with E-state index in [0.29, 0.717) is 32.8 Å². The highest BCUT2D eigenvalue weighted by Gasteiger charge is 2.15. The maximum absolute atomic E-state index is 11.4. The first kappa shape index (κ1) is 19.6. The van der Waals surface area contributed by atoms with E-state index < -0.39 is 12.1 Å². The van der Waals surface area contributed by atoms with Gasteiger partial charge in [0.15, 0.2) is 12.7 Å². The Morgan fingerprint density at radius 1 is 1.29 bits per heavy atom. The van der Waals surface area contributed by atoms with Crippen LogP contribution in [0.15, 0.2) is 12.7 Å². The fourth-order valence-corrected chi connectivity index (χ4v) is 1.23. The summed E-state index contributed by atoms with van der Waals surface area (Å²) in [5.74, 6) is -0.925. The van der Waals surface area contributed by atoms with Gasteiger partial charge in [0.25, 0.3) is 5.91 Å². The lowest BCUT2D eigenvalue weighted by Gasteiger charge is -2.11. The molecule has 1 atom stereocenters. The fraction of sp³-hybridized carbons (Fsp3) is 0.714. The molecule has 0 bridgehead atoms. The average Bonchev–Trinajstić information content (AvgIpc) is 2.49. The third-order valence-electron chi connectivity index (χ3n) is 2.36. The standard InChI is InChI=1S/C14H25NO6/c1-4-7-20-12(2)14(17)21-11-13(16)15-6-5-8-19-10-9-18-3/h4,12H,1,5-11H2,2-3H3,(H,15,16).